The van der Waals surface area contributed by atoms with Crippen molar-refractivity contribution in [2.75, 3.05) is 20.8 Å². The maximum atomic E-state index is 13.7. The minimum Gasteiger partial charge on any atom is -0.497 e. The molecule has 1 amide bonds. The van der Waals surface area contributed by atoms with Crippen LogP contribution in [0.3, 0.4) is 0 Å². The van der Waals surface area contributed by atoms with Gasteiger partial charge in [0.25, 0.3) is 5.91 Å². The summed E-state index contributed by atoms with van der Waals surface area (Å²) in [6.07, 6.45) is -4.41. The molecule has 0 saturated heterocycles. The van der Waals surface area contributed by atoms with E-state index in [0.29, 0.717) is 39.1 Å². The van der Waals surface area contributed by atoms with Crippen molar-refractivity contribution >= 4 is 29.1 Å². The fourth-order valence-corrected chi connectivity index (χ4v) is 4.82. The summed E-state index contributed by atoms with van der Waals surface area (Å²) in [5, 5.41) is 0.750. The Bertz CT molecular complexity index is 1230. The van der Waals surface area contributed by atoms with Crippen molar-refractivity contribution < 1.29 is 32.2 Å². The average molecular weight is 526 g/mol. The first-order valence-corrected chi connectivity index (χ1v) is 11.2. The van der Waals surface area contributed by atoms with Gasteiger partial charge in [0, 0.05) is 33.8 Å². The second-order valence-electron chi connectivity index (χ2n) is 7.83. The molecule has 0 N–H and O–H groups in total. The van der Waals surface area contributed by atoms with Gasteiger partial charge in [-0.3, -0.25) is 4.79 Å². The number of benzene rings is 3. The Morgan fingerprint density at radius 1 is 0.971 bits per heavy atom. The van der Waals surface area contributed by atoms with Crippen LogP contribution < -0.4 is 14.2 Å². The molecule has 184 valence electrons. The monoisotopic (exact) mass is 525 g/mol. The van der Waals surface area contributed by atoms with Crippen LogP contribution in [0.15, 0.2) is 54.6 Å². The lowest BCUT2D eigenvalue weighted by atomic mass is 9.86. The Kier molecular flexibility index (Phi) is 7.05. The Balaban J connectivity index is 1.84. The Labute approximate surface area is 209 Å². The number of fused-ring (bicyclic) bond motifs is 1. The average Bonchev–Trinajstić information content (AvgIpc) is 2.80. The van der Waals surface area contributed by atoms with Gasteiger partial charge in [-0.1, -0.05) is 29.3 Å². The molecule has 0 aromatic heterocycles. The highest BCUT2D eigenvalue weighted by molar-refractivity contribution is 6.34. The largest absolute Gasteiger partial charge is 0.573 e. The van der Waals surface area contributed by atoms with Crippen molar-refractivity contribution in [1.29, 1.82) is 0 Å². The third kappa shape index (κ3) is 5.44. The van der Waals surface area contributed by atoms with E-state index in [9.17, 15) is 18.0 Å². The van der Waals surface area contributed by atoms with E-state index in [1.165, 1.54) is 19.2 Å². The molecule has 10 heteroatoms. The lowest BCUT2D eigenvalue weighted by Gasteiger charge is -2.39. The third-order valence-corrected chi connectivity index (χ3v) is 6.08. The van der Waals surface area contributed by atoms with Crippen molar-refractivity contribution in [3.8, 4) is 17.2 Å². The molecule has 3 aromatic carbocycles. The minimum absolute atomic E-state index is 0.0424. The summed E-state index contributed by atoms with van der Waals surface area (Å²) in [5.74, 6) is 0.125. The number of alkyl halides is 3. The molecule has 1 aliphatic heterocycles. The standard InChI is InChI=1S/C25H20Cl2F3NO4/c1-33-20-10-14-6-7-31(24(32)15-4-3-5-19(11-15)35-25(28,29)30)23(22(14)21(13-20)34-2)16-8-17(26)12-18(27)9-16/h3-5,8-13,23H,6-7H2,1-2H3. The number of nitrogens with zero attached hydrogens (tertiary/aromatic N) is 1. The van der Waals surface area contributed by atoms with Crippen molar-refractivity contribution in [3.63, 3.8) is 0 Å². The lowest BCUT2D eigenvalue weighted by Crippen LogP contribution is -2.41. The maximum absolute atomic E-state index is 13.7. The Morgan fingerprint density at radius 2 is 1.69 bits per heavy atom. The van der Waals surface area contributed by atoms with Gasteiger partial charge in [0.1, 0.15) is 17.2 Å². The smallest absolute Gasteiger partial charge is 0.497 e. The van der Waals surface area contributed by atoms with Gasteiger partial charge < -0.3 is 19.1 Å². The molecule has 1 atom stereocenters. The van der Waals surface area contributed by atoms with E-state index in [-0.39, 0.29) is 12.1 Å². The predicted molar refractivity (Wildman–Crippen MR) is 126 cm³/mol. The van der Waals surface area contributed by atoms with E-state index >= 15 is 0 Å². The molecule has 1 unspecified atom stereocenters. The lowest BCUT2D eigenvalue weighted by molar-refractivity contribution is -0.274. The highest BCUT2D eigenvalue weighted by Crippen LogP contribution is 2.44. The third-order valence-electron chi connectivity index (χ3n) is 5.64. The van der Waals surface area contributed by atoms with Gasteiger partial charge in [-0.05, 0) is 60.0 Å². The van der Waals surface area contributed by atoms with Gasteiger partial charge in [0.15, 0.2) is 0 Å². The first kappa shape index (κ1) is 25.0. The van der Waals surface area contributed by atoms with Crippen molar-refractivity contribution in [2.45, 2.75) is 18.8 Å². The zero-order chi connectivity index (χ0) is 25.3. The van der Waals surface area contributed by atoms with Crippen LogP contribution in [0.4, 0.5) is 13.2 Å². The van der Waals surface area contributed by atoms with Crippen molar-refractivity contribution in [1.82, 2.24) is 4.90 Å². The minimum atomic E-state index is -4.88. The van der Waals surface area contributed by atoms with Gasteiger partial charge in [0.05, 0.1) is 20.3 Å². The quantitative estimate of drug-likeness (QED) is 0.372. The van der Waals surface area contributed by atoms with E-state index < -0.39 is 24.1 Å². The molecule has 0 aliphatic carbocycles. The van der Waals surface area contributed by atoms with Gasteiger partial charge in [-0.25, -0.2) is 0 Å². The second kappa shape index (κ2) is 9.87. The SMILES string of the molecule is COc1cc2c(c(OC)c1)C(c1cc(Cl)cc(Cl)c1)N(C(=O)c1cccc(OC(F)(F)F)c1)CC2. The number of amides is 1. The zero-order valence-electron chi connectivity index (χ0n) is 18.7. The maximum Gasteiger partial charge on any atom is 0.573 e. The van der Waals surface area contributed by atoms with Crippen LogP contribution in [0.1, 0.15) is 33.1 Å². The van der Waals surface area contributed by atoms with Crippen LogP contribution >= 0.6 is 23.2 Å². The van der Waals surface area contributed by atoms with Crippen LogP contribution in [0, 0.1) is 0 Å². The molecule has 35 heavy (non-hydrogen) atoms. The molecule has 1 aliphatic rings. The summed E-state index contributed by atoms with van der Waals surface area (Å²) in [6.45, 7) is 0.279. The number of carbonyl (C=O) groups excluding carboxylic acids is 1. The summed E-state index contributed by atoms with van der Waals surface area (Å²) in [7, 11) is 3.06. The van der Waals surface area contributed by atoms with E-state index in [4.69, 9.17) is 32.7 Å². The number of methoxy groups -OCH3 is 2. The topological polar surface area (TPSA) is 48.0 Å². The number of carbonyl (C=O) groups is 1. The van der Waals surface area contributed by atoms with Gasteiger partial charge >= 0.3 is 6.36 Å². The number of ether oxygens (including phenoxy) is 3. The van der Waals surface area contributed by atoms with Crippen LogP contribution in [-0.2, 0) is 6.42 Å². The number of rotatable bonds is 5. The normalized spacial score (nSPS) is 15.4. The summed E-state index contributed by atoms with van der Waals surface area (Å²) in [4.78, 5) is 15.2. The molecule has 0 saturated carbocycles. The number of halogens is 5. The van der Waals surface area contributed by atoms with Crippen LogP contribution in [-0.4, -0.2) is 37.9 Å². The molecule has 3 aromatic rings. The molecule has 1 heterocycles. The Hall–Kier alpha value is -3.10. The van der Waals surface area contributed by atoms with Gasteiger partial charge in [-0.15, -0.1) is 13.2 Å². The highest BCUT2D eigenvalue weighted by atomic mass is 35.5. The second-order valence-corrected chi connectivity index (χ2v) is 8.70. The zero-order valence-corrected chi connectivity index (χ0v) is 20.2. The fraction of sp³-hybridized carbons (Fsp3) is 0.240. The van der Waals surface area contributed by atoms with Gasteiger partial charge in [0.2, 0.25) is 0 Å². The first-order chi connectivity index (χ1) is 16.6. The van der Waals surface area contributed by atoms with E-state index in [2.05, 4.69) is 4.74 Å². The molecule has 0 radical (unpaired) electrons. The van der Waals surface area contributed by atoms with Crippen molar-refractivity contribution in [3.05, 3.63) is 86.9 Å². The molecular weight excluding hydrogens is 506 g/mol. The molecular formula is C25H20Cl2F3NO4. The number of hydrogen-bond acceptors (Lipinski definition) is 4. The van der Waals surface area contributed by atoms with E-state index in [0.717, 1.165) is 17.7 Å². The number of hydrogen-bond donors (Lipinski definition) is 0. The molecule has 4 rings (SSSR count). The highest BCUT2D eigenvalue weighted by Gasteiger charge is 2.36. The first-order valence-electron chi connectivity index (χ1n) is 10.5. The summed E-state index contributed by atoms with van der Waals surface area (Å²) in [5.41, 5.74) is 2.29. The van der Waals surface area contributed by atoms with E-state index in [1.807, 2.05) is 6.07 Å². The molecule has 5 nitrogen and oxygen atoms in total. The predicted octanol–water partition coefficient (Wildman–Crippen LogP) is 6.70. The molecule has 0 spiro atoms. The summed E-state index contributed by atoms with van der Waals surface area (Å²) in [6, 6.07) is 12.9. The molecule has 0 fully saturated rings. The fourth-order valence-electron chi connectivity index (χ4n) is 4.28. The van der Waals surface area contributed by atoms with Gasteiger partial charge in [-0.2, -0.15) is 0 Å². The van der Waals surface area contributed by atoms with Crippen LogP contribution in [0.5, 0.6) is 17.2 Å². The van der Waals surface area contributed by atoms with Crippen molar-refractivity contribution in [2.24, 2.45) is 0 Å². The summed E-state index contributed by atoms with van der Waals surface area (Å²) < 4.78 is 53.2. The van der Waals surface area contributed by atoms with E-state index in [1.54, 1.807) is 36.3 Å². The summed E-state index contributed by atoms with van der Waals surface area (Å²) >= 11 is 12.6. The van der Waals surface area contributed by atoms with Crippen LogP contribution in [0.2, 0.25) is 10.0 Å². The van der Waals surface area contributed by atoms with Crippen LogP contribution in [0.25, 0.3) is 0 Å². The Morgan fingerprint density at radius 3 is 2.31 bits per heavy atom. The molecule has 0 bridgehead atoms.